The normalized spacial score (nSPS) is 11.5. The number of rotatable bonds is 7. The summed E-state index contributed by atoms with van der Waals surface area (Å²) in [5.74, 6) is -0.0194. The number of ether oxygens (including phenoxy) is 1. The SMILES string of the molecule is CN(CCOc1cccc(Cl)c1)C(=O)c1oc2ccccc2c1CS(C)(=O)=O. The Morgan fingerprint density at radius 3 is 2.64 bits per heavy atom. The van der Waals surface area contributed by atoms with Gasteiger partial charge < -0.3 is 14.1 Å². The first-order chi connectivity index (χ1) is 13.2. The smallest absolute Gasteiger partial charge is 0.289 e. The zero-order valence-electron chi connectivity index (χ0n) is 15.5. The third kappa shape index (κ3) is 4.85. The Morgan fingerprint density at radius 2 is 1.93 bits per heavy atom. The Morgan fingerprint density at radius 1 is 1.18 bits per heavy atom. The second-order valence-corrected chi connectivity index (χ2v) is 9.09. The lowest BCUT2D eigenvalue weighted by Gasteiger charge is -2.17. The molecule has 2 aromatic carbocycles. The Hall–Kier alpha value is -2.51. The van der Waals surface area contributed by atoms with Crippen LogP contribution in [0.5, 0.6) is 5.75 Å². The fourth-order valence-electron chi connectivity index (χ4n) is 2.81. The number of carbonyl (C=O) groups excluding carboxylic acids is 1. The number of amides is 1. The van der Waals surface area contributed by atoms with Gasteiger partial charge in [-0.2, -0.15) is 0 Å². The largest absolute Gasteiger partial charge is 0.492 e. The summed E-state index contributed by atoms with van der Waals surface area (Å²) in [6, 6.07) is 14.0. The van der Waals surface area contributed by atoms with Gasteiger partial charge in [-0.3, -0.25) is 4.79 Å². The molecule has 0 saturated heterocycles. The number of hydrogen-bond donors (Lipinski definition) is 0. The highest BCUT2D eigenvalue weighted by atomic mass is 35.5. The highest BCUT2D eigenvalue weighted by Crippen LogP contribution is 2.28. The summed E-state index contributed by atoms with van der Waals surface area (Å²) in [6.45, 7) is 0.547. The van der Waals surface area contributed by atoms with Gasteiger partial charge in [-0.05, 0) is 24.3 Å². The number of nitrogens with zero attached hydrogens (tertiary/aromatic N) is 1. The van der Waals surface area contributed by atoms with Crippen LogP contribution in [-0.4, -0.2) is 45.7 Å². The average molecular weight is 422 g/mol. The number of carbonyl (C=O) groups is 1. The molecule has 148 valence electrons. The van der Waals surface area contributed by atoms with Crippen LogP contribution in [0.4, 0.5) is 0 Å². The fraction of sp³-hybridized carbons (Fsp3) is 0.250. The summed E-state index contributed by atoms with van der Waals surface area (Å²) in [6.07, 6.45) is 1.13. The van der Waals surface area contributed by atoms with Crippen LogP contribution >= 0.6 is 11.6 Å². The molecule has 0 bridgehead atoms. The van der Waals surface area contributed by atoms with E-state index in [0.29, 0.717) is 33.8 Å². The number of hydrogen-bond acceptors (Lipinski definition) is 5. The zero-order valence-corrected chi connectivity index (χ0v) is 17.1. The van der Waals surface area contributed by atoms with Crippen molar-refractivity contribution in [1.29, 1.82) is 0 Å². The van der Waals surface area contributed by atoms with E-state index in [1.807, 2.05) is 0 Å². The van der Waals surface area contributed by atoms with Gasteiger partial charge in [0.25, 0.3) is 5.91 Å². The Balaban J connectivity index is 1.77. The molecule has 28 heavy (non-hydrogen) atoms. The number of benzene rings is 2. The maximum absolute atomic E-state index is 12.9. The summed E-state index contributed by atoms with van der Waals surface area (Å²) in [5.41, 5.74) is 0.860. The molecule has 1 aromatic heterocycles. The zero-order chi connectivity index (χ0) is 20.3. The minimum absolute atomic E-state index is 0.0388. The average Bonchev–Trinajstić information content (AvgIpc) is 2.98. The molecular formula is C20H20ClNO5S. The van der Waals surface area contributed by atoms with Gasteiger partial charge >= 0.3 is 0 Å². The number of fused-ring (bicyclic) bond motifs is 1. The van der Waals surface area contributed by atoms with Crippen molar-refractivity contribution in [2.45, 2.75) is 5.75 Å². The molecule has 1 amide bonds. The van der Waals surface area contributed by atoms with Crippen molar-refractivity contribution >= 4 is 38.3 Å². The van der Waals surface area contributed by atoms with Crippen LogP contribution in [-0.2, 0) is 15.6 Å². The van der Waals surface area contributed by atoms with Crippen LogP contribution < -0.4 is 4.74 Å². The van der Waals surface area contributed by atoms with Gasteiger partial charge in [0, 0.05) is 29.3 Å². The molecule has 0 aliphatic rings. The molecule has 0 spiro atoms. The van der Waals surface area contributed by atoms with Crippen LogP contribution in [0, 0.1) is 0 Å². The molecule has 0 atom stereocenters. The van der Waals surface area contributed by atoms with E-state index < -0.39 is 15.7 Å². The summed E-state index contributed by atoms with van der Waals surface area (Å²) in [4.78, 5) is 14.3. The van der Waals surface area contributed by atoms with E-state index in [9.17, 15) is 13.2 Å². The van der Waals surface area contributed by atoms with Gasteiger partial charge in [-0.1, -0.05) is 35.9 Å². The molecule has 3 rings (SSSR count). The van der Waals surface area contributed by atoms with E-state index in [4.69, 9.17) is 20.8 Å². The maximum Gasteiger partial charge on any atom is 0.289 e. The lowest BCUT2D eigenvalue weighted by Crippen LogP contribution is -2.31. The highest BCUT2D eigenvalue weighted by molar-refractivity contribution is 7.89. The lowest BCUT2D eigenvalue weighted by molar-refractivity contribution is 0.0743. The maximum atomic E-state index is 12.9. The molecule has 0 fully saturated rings. The molecule has 0 saturated carbocycles. The summed E-state index contributed by atoms with van der Waals surface area (Å²) >= 11 is 5.92. The number of likely N-dealkylation sites (N-methyl/N-ethyl adjacent to an activating group) is 1. The van der Waals surface area contributed by atoms with Crippen molar-refractivity contribution in [3.05, 3.63) is 64.9 Å². The highest BCUT2D eigenvalue weighted by Gasteiger charge is 2.25. The van der Waals surface area contributed by atoms with Crippen molar-refractivity contribution in [3.63, 3.8) is 0 Å². The molecule has 0 radical (unpaired) electrons. The van der Waals surface area contributed by atoms with Gasteiger partial charge in [0.2, 0.25) is 0 Å². The number of halogens is 1. The molecule has 6 nitrogen and oxygen atoms in total. The van der Waals surface area contributed by atoms with Crippen molar-refractivity contribution in [2.24, 2.45) is 0 Å². The van der Waals surface area contributed by atoms with E-state index in [1.165, 1.54) is 4.90 Å². The summed E-state index contributed by atoms with van der Waals surface area (Å²) in [7, 11) is -1.73. The predicted molar refractivity (Wildman–Crippen MR) is 109 cm³/mol. The van der Waals surface area contributed by atoms with E-state index in [1.54, 1.807) is 55.6 Å². The Labute approximate surface area is 168 Å². The number of para-hydroxylation sites is 1. The van der Waals surface area contributed by atoms with Crippen LogP contribution in [0.3, 0.4) is 0 Å². The quantitative estimate of drug-likeness (QED) is 0.580. The molecule has 0 aliphatic carbocycles. The van der Waals surface area contributed by atoms with Gasteiger partial charge in [-0.15, -0.1) is 0 Å². The second-order valence-electron chi connectivity index (χ2n) is 6.51. The second kappa shape index (κ2) is 8.24. The van der Waals surface area contributed by atoms with Crippen LogP contribution in [0.1, 0.15) is 16.1 Å². The molecule has 0 unspecified atom stereocenters. The molecule has 0 aliphatic heterocycles. The molecule has 8 heteroatoms. The Bertz CT molecular complexity index is 1110. The molecule has 1 heterocycles. The van der Waals surface area contributed by atoms with E-state index in [0.717, 1.165) is 6.26 Å². The van der Waals surface area contributed by atoms with Crippen LogP contribution in [0.15, 0.2) is 52.9 Å². The fourth-order valence-corrected chi connectivity index (χ4v) is 3.80. The van der Waals surface area contributed by atoms with Crippen molar-refractivity contribution < 1.29 is 22.4 Å². The summed E-state index contributed by atoms with van der Waals surface area (Å²) in [5, 5.41) is 1.19. The van der Waals surface area contributed by atoms with Crippen LogP contribution in [0.2, 0.25) is 5.02 Å². The number of furan rings is 1. The van der Waals surface area contributed by atoms with Gasteiger partial charge in [0.1, 0.15) is 17.9 Å². The minimum Gasteiger partial charge on any atom is -0.492 e. The van der Waals surface area contributed by atoms with Gasteiger partial charge in [0.05, 0.1) is 12.3 Å². The first-order valence-electron chi connectivity index (χ1n) is 8.56. The topological polar surface area (TPSA) is 76.8 Å². The molecular weight excluding hydrogens is 402 g/mol. The van der Waals surface area contributed by atoms with Crippen LogP contribution in [0.25, 0.3) is 11.0 Å². The standard InChI is InChI=1S/C20H20ClNO5S/c1-22(10-11-26-15-7-5-6-14(21)12-15)20(23)19-17(13-28(2,24)25)16-8-3-4-9-18(16)27-19/h3-9,12H,10-11,13H2,1-2H3. The lowest BCUT2D eigenvalue weighted by atomic mass is 10.1. The molecule has 3 aromatic rings. The van der Waals surface area contributed by atoms with Crippen molar-refractivity contribution in [1.82, 2.24) is 4.90 Å². The van der Waals surface area contributed by atoms with Gasteiger partial charge in [0.15, 0.2) is 15.6 Å². The van der Waals surface area contributed by atoms with E-state index in [2.05, 4.69) is 0 Å². The monoisotopic (exact) mass is 421 g/mol. The Kier molecular flexibility index (Phi) is 5.96. The minimum atomic E-state index is -3.35. The third-order valence-corrected chi connectivity index (χ3v) is 5.19. The van der Waals surface area contributed by atoms with Gasteiger partial charge in [-0.25, -0.2) is 8.42 Å². The first-order valence-corrected chi connectivity index (χ1v) is 11.0. The van der Waals surface area contributed by atoms with Crippen molar-refractivity contribution in [2.75, 3.05) is 26.5 Å². The number of sulfone groups is 1. The molecule has 0 N–H and O–H groups in total. The predicted octanol–water partition coefficient (Wildman–Crippen LogP) is 3.78. The first kappa shape index (κ1) is 20.2. The summed E-state index contributed by atoms with van der Waals surface area (Å²) < 4.78 is 35.0. The van der Waals surface area contributed by atoms with E-state index in [-0.39, 0.29) is 18.1 Å². The van der Waals surface area contributed by atoms with E-state index >= 15 is 0 Å². The third-order valence-electron chi connectivity index (χ3n) is 4.14. The van der Waals surface area contributed by atoms with Crippen molar-refractivity contribution in [3.8, 4) is 5.75 Å².